The number of carboxylic acids is 1. The summed E-state index contributed by atoms with van der Waals surface area (Å²) in [6.45, 7) is 3.39. The molecule has 1 aliphatic rings. The van der Waals surface area contributed by atoms with Gasteiger partial charge < -0.3 is 10.4 Å². The summed E-state index contributed by atoms with van der Waals surface area (Å²) in [5.74, 6) is -0.942. The van der Waals surface area contributed by atoms with Crippen molar-refractivity contribution in [3.05, 3.63) is 35.9 Å². The zero-order valence-electron chi connectivity index (χ0n) is 11.2. The third-order valence-electron chi connectivity index (χ3n) is 3.89. The third kappa shape index (κ3) is 2.78. The second-order valence-corrected chi connectivity index (χ2v) is 5.41. The highest BCUT2D eigenvalue weighted by molar-refractivity contribution is 5.88. The summed E-state index contributed by atoms with van der Waals surface area (Å²) >= 11 is 0. The van der Waals surface area contributed by atoms with E-state index in [1.54, 1.807) is 24.3 Å². The number of rotatable bonds is 5. The van der Waals surface area contributed by atoms with Crippen LogP contribution in [0, 0.1) is 11.8 Å². The molecule has 1 aromatic rings. The van der Waals surface area contributed by atoms with Gasteiger partial charge in [-0.3, -0.25) is 4.79 Å². The molecule has 2 unspecified atom stereocenters. The predicted octanol–water partition coefficient (Wildman–Crippen LogP) is 2.15. The van der Waals surface area contributed by atoms with Crippen LogP contribution in [-0.2, 0) is 15.1 Å². The minimum Gasteiger partial charge on any atom is -0.479 e. The lowest BCUT2D eigenvalue weighted by Crippen LogP contribution is -2.51. The lowest BCUT2D eigenvalue weighted by molar-refractivity contribution is -0.148. The Morgan fingerprint density at radius 3 is 2.37 bits per heavy atom. The van der Waals surface area contributed by atoms with Crippen molar-refractivity contribution >= 4 is 11.9 Å². The molecule has 4 heteroatoms. The zero-order chi connectivity index (χ0) is 14.0. The Morgan fingerprint density at radius 2 is 1.89 bits per heavy atom. The Bertz CT molecular complexity index is 481. The summed E-state index contributed by atoms with van der Waals surface area (Å²) in [5.41, 5.74) is -0.791. The molecule has 0 saturated heterocycles. The Morgan fingerprint density at radius 1 is 1.32 bits per heavy atom. The fourth-order valence-corrected chi connectivity index (χ4v) is 2.19. The minimum atomic E-state index is -1.37. The average molecular weight is 261 g/mol. The van der Waals surface area contributed by atoms with Crippen LogP contribution in [0.15, 0.2) is 30.3 Å². The minimum absolute atomic E-state index is 0.123. The SMILES string of the molecule is CC(C(=O)NC(C)(C(=O)O)c1ccccc1)C1CC1. The average Bonchev–Trinajstić information content (AvgIpc) is 3.22. The van der Waals surface area contributed by atoms with Crippen molar-refractivity contribution < 1.29 is 14.7 Å². The molecule has 0 aliphatic heterocycles. The molecular formula is C15H19NO3. The number of carbonyl (C=O) groups is 2. The molecule has 1 aliphatic carbocycles. The summed E-state index contributed by atoms with van der Waals surface area (Å²) in [5, 5.41) is 12.1. The van der Waals surface area contributed by atoms with Crippen molar-refractivity contribution in [3.8, 4) is 0 Å². The fraction of sp³-hybridized carbons (Fsp3) is 0.467. The summed E-state index contributed by atoms with van der Waals surface area (Å²) in [6, 6.07) is 8.80. The molecule has 1 aromatic carbocycles. The first-order valence-corrected chi connectivity index (χ1v) is 6.56. The van der Waals surface area contributed by atoms with Gasteiger partial charge in [0.1, 0.15) is 0 Å². The van der Waals surface area contributed by atoms with Crippen LogP contribution in [0.2, 0.25) is 0 Å². The lowest BCUT2D eigenvalue weighted by atomic mass is 9.91. The number of carboxylic acid groups (broad SMARTS) is 1. The van der Waals surface area contributed by atoms with Gasteiger partial charge in [0.2, 0.25) is 5.91 Å². The second-order valence-electron chi connectivity index (χ2n) is 5.41. The van der Waals surface area contributed by atoms with E-state index in [1.165, 1.54) is 6.92 Å². The van der Waals surface area contributed by atoms with E-state index in [-0.39, 0.29) is 11.8 Å². The molecular weight excluding hydrogens is 242 g/mol. The van der Waals surface area contributed by atoms with E-state index in [4.69, 9.17) is 0 Å². The standard InChI is InChI=1S/C15H19NO3/c1-10(11-8-9-11)13(17)16-15(2,14(18)19)12-6-4-3-5-7-12/h3-7,10-11H,8-9H2,1-2H3,(H,16,17)(H,18,19). The normalized spacial score (nSPS) is 19.3. The van der Waals surface area contributed by atoms with Gasteiger partial charge in [-0.15, -0.1) is 0 Å². The maximum atomic E-state index is 12.1. The molecule has 0 heterocycles. The highest BCUT2D eigenvalue weighted by Gasteiger charge is 2.40. The summed E-state index contributed by atoms with van der Waals surface area (Å²) in [7, 11) is 0. The molecule has 2 N–H and O–H groups in total. The summed E-state index contributed by atoms with van der Waals surface area (Å²) < 4.78 is 0. The van der Waals surface area contributed by atoms with Gasteiger partial charge in [0, 0.05) is 5.92 Å². The van der Waals surface area contributed by atoms with Crippen LogP contribution in [0.4, 0.5) is 0 Å². The number of hydrogen-bond acceptors (Lipinski definition) is 2. The molecule has 1 fully saturated rings. The van der Waals surface area contributed by atoms with Gasteiger partial charge in [0.05, 0.1) is 0 Å². The smallest absolute Gasteiger partial charge is 0.333 e. The Labute approximate surface area is 112 Å². The number of carbonyl (C=O) groups excluding carboxylic acids is 1. The first kappa shape index (κ1) is 13.6. The van der Waals surface area contributed by atoms with E-state index >= 15 is 0 Å². The molecule has 4 nitrogen and oxygen atoms in total. The molecule has 1 amide bonds. The van der Waals surface area contributed by atoms with E-state index in [0.29, 0.717) is 11.5 Å². The molecule has 0 radical (unpaired) electrons. The van der Waals surface area contributed by atoms with Crippen molar-refractivity contribution in [2.24, 2.45) is 11.8 Å². The number of aliphatic carboxylic acids is 1. The maximum Gasteiger partial charge on any atom is 0.333 e. The molecule has 0 bridgehead atoms. The molecule has 2 atom stereocenters. The highest BCUT2D eigenvalue weighted by Crippen LogP contribution is 2.37. The van der Waals surface area contributed by atoms with Crippen molar-refractivity contribution in [2.75, 3.05) is 0 Å². The summed E-state index contributed by atoms with van der Waals surface area (Å²) in [6.07, 6.45) is 2.12. The lowest BCUT2D eigenvalue weighted by Gasteiger charge is -2.28. The van der Waals surface area contributed by atoms with Crippen LogP contribution in [0.5, 0.6) is 0 Å². The Balaban J connectivity index is 2.20. The number of amides is 1. The quantitative estimate of drug-likeness (QED) is 0.853. The Kier molecular flexibility index (Phi) is 3.60. The van der Waals surface area contributed by atoms with Gasteiger partial charge in [0.25, 0.3) is 0 Å². The van der Waals surface area contributed by atoms with E-state index in [2.05, 4.69) is 5.32 Å². The Hall–Kier alpha value is -1.84. The van der Waals surface area contributed by atoms with Crippen LogP contribution in [-0.4, -0.2) is 17.0 Å². The predicted molar refractivity (Wildman–Crippen MR) is 71.5 cm³/mol. The number of benzene rings is 1. The van der Waals surface area contributed by atoms with E-state index in [9.17, 15) is 14.7 Å². The molecule has 102 valence electrons. The largest absolute Gasteiger partial charge is 0.479 e. The first-order chi connectivity index (χ1) is 8.95. The summed E-state index contributed by atoms with van der Waals surface area (Å²) in [4.78, 5) is 23.7. The molecule has 0 spiro atoms. The van der Waals surface area contributed by atoms with Gasteiger partial charge >= 0.3 is 5.97 Å². The van der Waals surface area contributed by atoms with Crippen molar-refractivity contribution in [1.29, 1.82) is 0 Å². The van der Waals surface area contributed by atoms with Gasteiger partial charge in [0.15, 0.2) is 5.54 Å². The van der Waals surface area contributed by atoms with Crippen molar-refractivity contribution in [2.45, 2.75) is 32.2 Å². The molecule has 1 saturated carbocycles. The van der Waals surface area contributed by atoms with E-state index < -0.39 is 11.5 Å². The van der Waals surface area contributed by atoms with Crippen LogP contribution in [0.25, 0.3) is 0 Å². The molecule has 2 rings (SSSR count). The fourth-order valence-electron chi connectivity index (χ4n) is 2.19. The van der Waals surface area contributed by atoms with Crippen molar-refractivity contribution in [3.63, 3.8) is 0 Å². The second kappa shape index (κ2) is 5.03. The molecule has 19 heavy (non-hydrogen) atoms. The van der Waals surface area contributed by atoms with Crippen LogP contribution >= 0.6 is 0 Å². The van der Waals surface area contributed by atoms with Gasteiger partial charge in [-0.25, -0.2) is 4.79 Å². The maximum absolute atomic E-state index is 12.1. The monoisotopic (exact) mass is 261 g/mol. The van der Waals surface area contributed by atoms with Crippen LogP contribution < -0.4 is 5.32 Å². The number of nitrogens with one attached hydrogen (secondary N) is 1. The first-order valence-electron chi connectivity index (χ1n) is 6.56. The van der Waals surface area contributed by atoms with Crippen LogP contribution in [0.1, 0.15) is 32.3 Å². The van der Waals surface area contributed by atoms with E-state index in [1.807, 2.05) is 13.0 Å². The van der Waals surface area contributed by atoms with E-state index in [0.717, 1.165) is 12.8 Å². The van der Waals surface area contributed by atoms with Gasteiger partial charge in [-0.1, -0.05) is 37.3 Å². The molecule has 0 aromatic heterocycles. The zero-order valence-corrected chi connectivity index (χ0v) is 11.2. The van der Waals surface area contributed by atoms with Gasteiger partial charge in [-0.05, 0) is 31.2 Å². The van der Waals surface area contributed by atoms with Crippen LogP contribution in [0.3, 0.4) is 0 Å². The number of hydrogen-bond donors (Lipinski definition) is 2. The third-order valence-corrected chi connectivity index (χ3v) is 3.89. The topological polar surface area (TPSA) is 66.4 Å². The van der Waals surface area contributed by atoms with Crippen molar-refractivity contribution in [1.82, 2.24) is 5.32 Å². The highest BCUT2D eigenvalue weighted by atomic mass is 16.4. The van der Waals surface area contributed by atoms with Gasteiger partial charge in [-0.2, -0.15) is 0 Å².